The number of aliphatic hydroxyl groups is 1. The molecule has 12 heteroatoms. The van der Waals surface area contributed by atoms with E-state index < -0.39 is 6.10 Å². The highest BCUT2D eigenvalue weighted by Gasteiger charge is 2.29. The van der Waals surface area contributed by atoms with Crippen LogP contribution in [0.25, 0.3) is 16.9 Å². The van der Waals surface area contributed by atoms with Crippen LogP contribution < -0.4 is 4.90 Å². The molecule has 0 saturated carbocycles. The number of benzene rings is 1. The molecular weight excluding hydrogens is 555 g/mol. The van der Waals surface area contributed by atoms with Crippen molar-refractivity contribution in [1.29, 1.82) is 5.26 Å². The summed E-state index contributed by atoms with van der Waals surface area (Å²) in [7, 11) is 1.92. The van der Waals surface area contributed by atoms with Crippen molar-refractivity contribution in [3.63, 3.8) is 0 Å². The molecule has 1 N–H and O–H groups in total. The van der Waals surface area contributed by atoms with Gasteiger partial charge >= 0.3 is 0 Å². The maximum absolute atomic E-state index is 13.5. The number of aryl methyl sites for hydroxylation is 1. The van der Waals surface area contributed by atoms with Crippen LogP contribution in [0.4, 0.5) is 15.3 Å². The predicted molar refractivity (Wildman–Crippen MR) is 158 cm³/mol. The molecule has 0 bridgehead atoms. The minimum Gasteiger partial charge on any atom is -0.391 e. The van der Waals surface area contributed by atoms with Crippen molar-refractivity contribution in [3.05, 3.63) is 58.7 Å². The van der Waals surface area contributed by atoms with E-state index in [4.69, 9.17) is 15.0 Å². The molecule has 1 aromatic carbocycles. The Morgan fingerprint density at radius 1 is 1.19 bits per heavy atom. The second kappa shape index (κ2) is 11.8. The topological polar surface area (TPSA) is 114 Å². The molecule has 1 amide bonds. The number of nitriles is 1. The number of nitrogens with zero attached hydrogens (tertiary/aromatic N) is 8. The van der Waals surface area contributed by atoms with Gasteiger partial charge in [0.05, 0.1) is 30.2 Å². The van der Waals surface area contributed by atoms with E-state index in [9.17, 15) is 19.6 Å². The highest BCUT2D eigenvalue weighted by atomic mass is 32.1. The molecule has 42 heavy (non-hydrogen) atoms. The largest absolute Gasteiger partial charge is 0.391 e. The highest BCUT2D eigenvalue weighted by molar-refractivity contribution is 7.16. The lowest BCUT2D eigenvalue weighted by molar-refractivity contribution is -0.132. The van der Waals surface area contributed by atoms with Gasteiger partial charge in [0.25, 0.3) is 0 Å². The van der Waals surface area contributed by atoms with Crippen LogP contribution in [0, 0.1) is 17.1 Å². The second-order valence-electron chi connectivity index (χ2n) is 11.0. The van der Waals surface area contributed by atoms with Crippen LogP contribution >= 0.6 is 11.3 Å². The third-order valence-corrected chi connectivity index (χ3v) is 9.26. The van der Waals surface area contributed by atoms with Gasteiger partial charge in [-0.15, -0.1) is 0 Å². The Morgan fingerprint density at radius 2 is 1.95 bits per heavy atom. The summed E-state index contributed by atoms with van der Waals surface area (Å²) in [5.74, 6) is 0.882. The number of halogens is 1. The summed E-state index contributed by atoms with van der Waals surface area (Å²) in [6.45, 7) is 5.14. The Hall–Kier alpha value is -3.92. The van der Waals surface area contributed by atoms with Crippen LogP contribution in [0.1, 0.15) is 48.4 Å². The molecule has 5 heterocycles. The molecule has 218 valence electrons. The third kappa shape index (κ3) is 5.47. The van der Waals surface area contributed by atoms with Gasteiger partial charge in [-0.05, 0) is 63.0 Å². The second-order valence-corrected chi connectivity index (χ2v) is 11.9. The number of β-amino-alcohol motifs (C(OH)–C–C–N with tert-alkyl or cyclic N) is 1. The first-order valence-corrected chi connectivity index (χ1v) is 15.1. The number of hydrogen-bond acceptors (Lipinski definition) is 9. The standard InChI is InChI=1S/C30H33FN8O2S/c1-3-23-29(36(2)30-35-28(25(14-32)42-30)20-4-6-21(31)7-5-20)39-17-24(33-15-26(39)34-23)19-8-11-37(12-9-19)18-27(41)38-13-10-22(40)16-38/h4-7,15,17,19,22,40H,3,8-13,16,18H2,1-2H3/t22-/m1/s1. The fraction of sp³-hybridized carbons (Fsp3) is 0.433. The van der Waals surface area contributed by atoms with Gasteiger partial charge in [0.2, 0.25) is 5.91 Å². The van der Waals surface area contributed by atoms with Gasteiger partial charge in [0.1, 0.15) is 28.3 Å². The number of likely N-dealkylation sites (tertiary alicyclic amines) is 2. The van der Waals surface area contributed by atoms with Crippen molar-refractivity contribution >= 4 is 33.8 Å². The number of aliphatic hydroxyl groups excluding tert-OH is 1. The first kappa shape index (κ1) is 28.2. The number of imidazole rings is 1. The van der Waals surface area contributed by atoms with Crippen molar-refractivity contribution in [2.45, 2.75) is 44.6 Å². The smallest absolute Gasteiger partial charge is 0.236 e. The van der Waals surface area contributed by atoms with Crippen LogP contribution in [-0.4, -0.2) is 86.0 Å². The number of carbonyl (C=O) groups excluding carboxylic acids is 1. The molecule has 0 radical (unpaired) electrons. The minimum atomic E-state index is -0.401. The third-order valence-electron chi connectivity index (χ3n) is 8.23. The van der Waals surface area contributed by atoms with Crippen molar-refractivity contribution in [2.75, 3.05) is 44.7 Å². The quantitative estimate of drug-likeness (QED) is 0.345. The number of carbonyl (C=O) groups is 1. The lowest BCUT2D eigenvalue weighted by Crippen LogP contribution is -2.42. The van der Waals surface area contributed by atoms with E-state index in [1.54, 1.807) is 17.0 Å². The van der Waals surface area contributed by atoms with Crippen LogP contribution in [0.3, 0.4) is 0 Å². The van der Waals surface area contributed by atoms with Gasteiger partial charge in [-0.1, -0.05) is 18.3 Å². The van der Waals surface area contributed by atoms with Gasteiger partial charge in [0, 0.05) is 37.8 Å². The Balaban J connectivity index is 1.22. The normalized spacial score (nSPS) is 18.1. The van der Waals surface area contributed by atoms with Crippen molar-refractivity contribution in [1.82, 2.24) is 29.2 Å². The highest BCUT2D eigenvalue weighted by Crippen LogP contribution is 2.37. The Bertz CT molecular complexity index is 1640. The minimum absolute atomic E-state index is 0.0899. The van der Waals surface area contributed by atoms with Crippen molar-refractivity contribution in [3.8, 4) is 17.3 Å². The van der Waals surface area contributed by atoms with Gasteiger partial charge in [-0.25, -0.2) is 14.4 Å². The maximum atomic E-state index is 13.5. The monoisotopic (exact) mass is 588 g/mol. The summed E-state index contributed by atoms with van der Waals surface area (Å²) in [5.41, 5.74) is 3.84. The van der Waals surface area contributed by atoms with Crippen LogP contribution in [0.2, 0.25) is 0 Å². The Kier molecular flexibility index (Phi) is 7.90. The molecule has 0 spiro atoms. The summed E-state index contributed by atoms with van der Waals surface area (Å²) in [4.78, 5) is 33.4. The van der Waals surface area contributed by atoms with Crippen LogP contribution in [0.15, 0.2) is 36.7 Å². The zero-order chi connectivity index (χ0) is 29.4. The molecule has 0 aliphatic carbocycles. The zero-order valence-electron chi connectivity index (χ0n) is 23.7. The average molecular weight is 589 g/mol. The molecule has 0 unspecified atom stereocenters. The Labute approximate surface area is 247 Å². The number of anilines is 2. The predicted octanol–water partition coefficient (Wildman–Crippen LogP) is 3.97. The van der Waals surface area contributed by atoms with Gasteiger partial charge in [-0.2, -0.15) is 5.26 Å². The van der Waals surface area contributed by atoms with Crippen LogP contribution in [0.5, 0.6) is 0 Å². The summed E-state index contributed by atoms with van der Waals surface area (Å²) >= 11 is 1.29. The fourth-order valence-corrected chi connectivity index (χ4v) is 6.73. The van der Waals surface area contributed by atoms with E-state index in [0.29, 0.717) is 53.7 Å². The van der Waals surface area contributed by atoms with E-state index in [1.165, 1.54) is 23.5 Å². The van der Waals surface area contributed by atoms with E-state index in [1.807, 2.05) is 18.1 Å². The number of fused-ring (bicyclic) bond motifs is 1. The molecule has 2 aliphatic heterocycles. The lowest BCUT2D eigenvalue weighted by atomic mass is 9.94. The van der Waals surface area contributed by atoms with Crippen LogP contribution in [-0.2, 0) is 11.2 Å². The molecule has 3 aromatic heterocycles. The number of thiazole rings is 1. The van der Waals surface area contributed by atoms with Crippen molar-refractivity contribution < 1.29 is 14.3 Å². The van der Waals surface area contributed by atoms with E-state index in [0.717, 1.165) is 48.8 Å². The lowest BCUT2D eigenvalue weighted by Gasteiger charge is -2.32. The molecule has 2 fully saturated rings. The molecule has 2 aliphatic rings. The summed E-state index contributed by atoms with van der Waals surface area (Å²) in [6.07, 6.45) is 6.63. The molecular formula is C30H33FN8O2S. The number of hydrogen-bond donors (Lipinski definition) is 1. The van der Waals surface area contributed by atoms with E-state index in [2.05, 4.69) is 28.5 Å². The summed E-state index contributed by atoms with van der Waals surface area (Å²) in [5, 5.41) is 20.2. The summed E-state index contributed by atoms with van der Waals surface area (Å²) in [6, 6.07) is 8.25. The maximum Gasteiger partial charge on any atom is 0.236 e. The number of aromatic nitrogens is 4. The van der Waals surface area contributed by atoms with E-state index in [-0.39, 0.29) is 17.6 Å². The summed E-state index contributed by atoms with van der Waals surface area (Å²) < 4.78 is 15.6. The molecule has 2 saturated heterocycles. The molecule has 10 nitrogen and oxygen atoms in total. The number of rotatable bonds is 7. The molecule has 6 rings (SSSR count). The first-order valence-electron chi connectivity index (χ1n) is 14.3. The van der Waals surface area contributed by atoms with E-state index >= 15 is 0 Å². The average Bonchev–Trinajstić information content (AvgIpc) is 3.73. The van der Waals surface area contributed by atoms with Gasteiger partial charge < -0.3 is 14.9 Å². The SMILES string of the molecule is CCc1nc2cnc(C3CCN(CC(=O)N4CC[C@@H](O)C4)CC3)cn2c1N(C)c1nc(-c2ccc(F)cc2)c(C#N)s1. The zero-order valence-corrected chi connectivity index (χ0v) is 24.5. The molecule has 4 aromatic rings. The number of amides is 1. The van der Waals surface area contributed by atoms with Crippen molar-refractivity contribution in [2.24, 2.45) is 0 Å². The fourth-order valence-electron chi connectivity index (χ4n) is 5.88. The van der Waals surface area contributed by atoms with Gasteiger partial charge in [-0.3, -0.25) is 19.1 Å². The first-order chi connectivity index (χ1) is 20.3. The number of piperidine rings is 1. The molecule has 1 atom stereocenters. The van der Waals surface area contributed by atoms with Gasteiger partial charge in [0.15, 0.2) is 10.8 Å². The Morgan fingerprint density at radius 3 is 2.62 bits per heavy atom.